The van der Waals surface area contributed by atoms with Crippen LogP contribution in [0.15, 0.2) is 0 Å². The zero-order chi connectivity index (χ0) is 35.6. The number of fused-ring (bicyclic) bond motifs is 6. The Labute approximate surface area is 335 Å². The third-order valence-corrected chi connectivity index (χ3v) is 22.6. The molecule has 0 saturated heterocycles. The van der Waals surface area contributed by atoms with Crippen LogP contribution in [-0.4, -0.2) is 0 Å². The molecular weight excluding hydrogens is 649 g/mol. The molecule has 11 saturated carbocycles. The van der Waals surface area contributed by atoms with Crippen LogP contribution in [0.4, 0.5) is 0 Å². The molecule has 0 N–H and O–H groups in total. The fourth-order valence-electron chi connectivity index (χ4n) is 21.1. The lowest BCUT2D eigenvalue weighted by molar-refractivity contribution is -0.132. The largest absolute Gasteiger partial charge is 0.0530 e. The summed E-state index contributed by atoms with van der Waals surface area (Å²) in [7, 11) is 0. The van der Waals surface area contributed by atoms with E-state index in [2.05, 4.69) is 0 Å². The average Bonchev–Trinajstić information content (AvgIpc) is 3.24. The minimum Gasteiger partial charge on any atom is -0.0530 e. The lowest BCUT2D eigenvalue weighted by atomic mass is 9.43. The summed E-state index contributed by atoms with van der Waals surface area (Å²) in [5.41, 5.74) is 0. The summed E-state index contributed by atoms with van der Waals surface area (Å²) in [6.45, 7) is 0. The maximum absolute atomic E-state index is 1.67. The molecule has 0 spiro atoms. The molecule has 0 aromatic rings. The summed E-state index contributed by atoms with van der Waals surface area (Å²) >= 11 is 0. The third-order valence-electron chi connectivity index (χ3n) is 22.6. The van der Waals surface area contributed by atoms with E-state index in [1.54, 1.807) is 218 Å². The molecule has 0 bridgehead atoms. The van der Waals surface area contributed by atoms with Crippen LogP contribution in [0.1, 0.15) is 218 Å². The molecule has 304 valence electrons. The molecule has 0 nitrogen and oxygen atoms in total. The molecule has 0 aromatic heterocycles. The first-order valence-corrected chi connectivity index (χ1v) is 26.8. The van der Waals surface area contributed by atoms with Crippen molar-refractivity contribution in [2.24, 2.45) is 118 Å². The first-order valence-electron chi connectivity index (χ1n) is 26.8. The van der Waals surface area contributed by atoms with Gasteiger partial charge in [-0.3, -0.25) is 0 Å². The van der Waals surface area contributed by atoms with Crippen molar-refractivity contribution in [3.8, 4) is 0 Å². The van der Waals surface area contributed by atoms with E-state index in [0.29, 0.717) is 0 Å². The van der Waals surface area contributed by atoms with Crippen molar-refractivity contribution in [1.29, 1.82) is 0 Å². The van der Waals surface area contributed by atoms with Crippen LogP contribution in [0.5, 0.6) is 0 Å². The van der Waals surface area contributed by atoms with Gasteiger partial charge in [-0.1, -0.05) is 103 Å². The van der Waals surface area contributed by atoms with Crippen LogP contribution in [0, 0.1) is 118 Å². The van der Waals surface area contributed by atoms with Gasteiger partial charge >= 0.3 is 0 Å². The minimum absolute atomic E-state index is 1.11. The van der Waals surface area contributed by atoms with E-state index >= 15 is 0 Å². The van der Waals surface area contributed by atoms with Gasteiger partial charge in [-0.2, -0.15) is 0 Å². The van der Waals surface area contributed by atoms with Crippen LogP contribution in [-0.2, 0) is 0 Å². The van der Waals surface area contributed by atoms with E-state index in [-0.39, 0.29) is 0 Å². The monoisotopic (exact) mass is 737 g/mol. The van der Waals surface area contributed by atoms with E-state index < -0.39 is 0 Å². The van der Waals surface area contributed by atoms with Gasteiger partial charge in [-0.25, -0.2) is 0 Å². The normalized spacial score (nSPS) is 55.1. The molecule has 11 fully saturated rings. The fourth-order valence-corrected chi connectivity index (χ4v) is 21.1. The van der Waals surface area contributed by atoms with Crippen LogP contribution >= 0.6 is 0 Å². The topological polar surface area (TPSA) is 0 Å². The van der Waals surface area contributed by atoms with Crippen molar-refractivity contribution < 1.29 is 0 Å². The Bertz CT molecular complexity index is 1080. The van der Waals surface area contributed by atoms with Gasteiger partial charge in [-0.05, 0) is 234 Å². The SMILES string of the molecule is C1CCC2CC(C3C4CCCCC4C(C4CCC(C5C6CCCCC6C(C6CCC7CCCCC7C6)C6CCCCC65)CC4)C4CCCCC43)CCC2C1. The maximum atomic E-state index is 1.67. The van der Waals surface area contributed by atoms with Gasteiger partial charge in [0.05, 0.1) is 0 Å². The molecule has 14 unspecified atom stereocenters. The zero-order valence-corrected chi connectivity index (χ0v) is 35.6. The van der Waals surface area contributed by atoms with Crippen LogP contribution in [0.2, 0.25) is 0 Å². The van der Waals surface area contributed by atoms with Gasteiger partial charge < -0.3 is 0 Å². The van der Waals surface area contributed by atoms with E-state index in [0.717, 1.165) is 118 Å². The van der Waals surface area contributed by atoms with Gasteiger partial charge in [0.1, 0.15) is 0 Å². The summed E-state index contributed by atoms with van der Waals surface area (Å²) in [5, 5.41) is 0. The zero-order valence-electron chi connectivity index (χ0n) is 35.6. The second kappa shape index (κ2) is 16.2. The maximum Gasteiger partial charge on any atom is -0.0323 e. The van der Waals surface area contributed by atoms with E-state index in [4.69, 9.17) is 0 Å². The number of hydrogen-bond acceptors (Lipinski definition) is 0. The van der Waals surface area contributed by atoms with Gasteiger partial charge in [0.15, 0.2) is 0 Å². The van der Waals surface area contributed by atoms with Gasteiger partial charge in [0.25, 0.3) is 0 Å². The molecule has 0 aromatic carbocycles. The summed E-state index contributed by atoms with van der Waals surface area (Å²) in [6, 6.07) is 0. The molecule has 0 heteroatoms. The number of hydrogen-bond donors (Lipinski definition) is 0. The quantitative estimate of drug-likeness (QED) is 0.270. The van der Waals surface area contributed by atoms with Gasteiger partial charge in [-0.15, -0.1) is 0 Å². The predicted molar refractivity (Wildman–Crippen MR) is 227 cm³/mol. The van der Waals surface area contributed by atoms with Crippen LogP contribution in [0.25, 0.3) is 0 Å². The van der Waals surface area contributed by atoms with Crippen molar-refractivity contribution in [1.82, 2.24) is 0 Å². The summed E-state index contributed by atoms with van der Waals surface area (Å²) in [5.74, 6) is 22.6. The Hall–Kier alpha value is 0. The minimum atomic E-state index is 1.11. The molecule has 54 heavy (non-hydrogen) atoms. The molecule has 14 atom stereocenters. The lowest BCUT2D eigenvalue weighted by Gasteiger charge is -2.62. The number of rotatable bonds is 4. The molecular formula is C54H88. The summed E-state index contributed by atoms with van der Waals surface area (Å²) < 4.78 is 0. The van der Waals surface area contributed by atoms with Crippen LogP contribution in [0.3, 0.4) is 0 Å². The summed E-state index contributed by atoms with van der Waals surface area (Å²) in [6.07, 6.45) is 55.0. The molecule has 0 aliphatic heterocycles. The van der Waals surface area contributed by atoms with Crippen molar-refractivity contribution >= 4 is 0 Å². The Morgan fingerprint density at radius 2 is 0.352 bits per heavy atom. The standard InChI is InChI=1S/C54H88/c1-3-15-39-33-41(31-25-35(39)13-1)53-47-21-9-5-17-43(47)51(44-18-6-10-22-48(44)53)37-27-29-38(30-28-37)52-45-19-7-11-23-49(45)54(50-24-12-8-20-46(50)52)42-32-26-36-14-2-4-16-40(36)34-42/h35-54H,1-34H2. The first-order chi connectivity index (χ1) is 26.8. The third kappa shape index (κ3) is 6.71. The molecule has 0 heterocycles. The Morgan fingerprint density at radius 3 is 0.648 bits per heavy atom. The molecule has 11 rings (SSSR count). The highest BCUT2D eigenvalue weighted by Crippen LogP contribution is 2.66. The predicted octanol–water partition coefficient (Wildman–Crippen LogP) is 15.7. The molecule has 0 radical (unpaired) electrons. The summed E-state index contributed by atoms with van der Waals surface area (Å²) in [4.78, 5) is 0. The average molecular weight is 737 g/mol. The highest BCUT2D eigenvalue weighted by molar-refractivity contribution is 5.07. The Morgan fingerprint density at radius 1 is 0.148 bits per heavy atom. The van der Waals surface area contributed by atoms with E-state index in [1.807, 2.05) is 0 Å². The highest BCUT2D eigenvalue weighted by atomic mass is 14.6. The second-order valence-corrected chi connectivity index (χ2v) is 24.2. The van der Waals surface area contributed by atoms with Crippen molar-refractivity contribution in [3.05, 3.63) is 0 Å². The van der Waals surface area contributed by atoms with E-state index in [1.165, 1.54) is 0 Å². The fraction of sp³-hybridized carbons (Fsp3) is 1.00. The lowest BCUT2D eigenvalue weighted by Crippen LogP contribution is -2.55. The highest BCUT2D eigenvalue weighted by Gasteiger charge is 2.58. The Balaban J connectivity index is 0.815. The second-order valence-electron chi connectivity index (χ2n) is 24.2. The van der Waals surface area contributed by atoms with Gasteiger partial charge in [0, 0.05) is 0 Å². The molecule has 11 aliphatic carbocycles. The Kier molecular flexibility index (Phi) is 11.1. The smallest absolute Gasteiger partial charge is 0.0323 e. The van der Waals surface area contributed by atoms with E-state index in [9.17, 15) is 0 Å². The molecule has 0 amide bonds. The van der Waals surface area contributed by atoms with Gasteiger partial charge in [0.2, 0.25) is 0 Å². The van der Waals surface area contributed by atoms with Crippen molar-refractivity contribution in [2.45, 2.75) is 218 Å². The van der Waals surface area contributed by atoms with Crippen LogP contribution < -0.4 is 0 Å². The van der Waals surface area contributed by atoms with Crippen molar-refractivity contribution in [2.75, 3.05) is 0 Å². The first kappa shape index (κ1) is 37.0. The van der Waals surface area contributed by atoms with Crippen molar-refractivity contribution in [3.63, 3.8) is 0 Å². The molecule has 11 aliphatic rings.